The third-order valence-corrected chi connectivity index (χ3v) is 1.73. The second-order valence-electron chi connectivity index (χ2n) is 2.33. The molecule has 0 aliphatic heterocycles. The van der Waals surface area contributed by atoms with Gasteiger partial charge in [-0.2, -0.15) is 5.96 Å². The third-order valence-electron chi connectivity index (χ3n) is 1.39. The van der Waals surface area contributed by atoms with E-state index in [4.69, 9.17) is 16.1 Å². The van der Waals surface area contributed by atoms with Gasteiger partial charge in [-0.05, 0) is 19.1 Å². The highest BCUT2D eigenvalue weighted by molar-refractivity contribution is 6.31. The van der Waals surface area contributed by atoms with Crippen molar-refractivity contribution in [2.75, 3.05) is 0 Å². The highest BCUT2D eigenvalue weighted by Crippen LogP contribution is 2.27. The Morgan fingerprint density at radius 3 is 2.23 bits per heavy atom. The van der Waals surface area contributed by atoms with Crippen LogP contribution < -0.4 is 5.96 Å². The first-order valence-corrected chi connectivity index (χ1v) is 3.75. The minimum Gasteiger partial charge on any atom is -0.205 e. The predicted molar refractivity (Wildman–Crippen MR) is 46.4 cm³/mol. The van der Waals surface area contributed by atoms with Crippen molar-refractivity contribution in [1.29, 1.82) is 0 Å². The summed E-state index contributed by atoms with van der Waals surface area (Å²) >= 11 is 5.51. The van der Waals surface area contributed by atoms with E-state index in [1.54, 1.807) is 13.0 Å². The van der Waals surface area contributed by atoms with Gasteiger partial charge in [-0.15, -0.1) is 4.48 Å². The van der Waals surface area contributed by atoms with Gasteiger partial charge in [-0.3, -0.25) is 0 Å². The molecule has 0 aliphatic carbocycles. The van der Waals surface area contributed by atoms with E-state index in [0.29, 0.717) is 0 Å². The Morgan fingerprint density at radius 1 is 1.31 bits per heavy atom. The lowest BCUT2D eigenvalue weighted by molar-refractivity contribution is 0.151. The molecule has 13 heavy (non-hydrogen) atoms. The third kappa shape index (κ3) is 3.65. The number of hydrogen-bond acceptors (Lipinski definition) is 1. The summed E-state index contributed by atoms with van der Waals surface area (Å²) in [5, 5.41) is 0.130. The molecule has 0 heterocycles. The number of alkyl halides is 2. The van der Waals surface area contributed by atoms with Gasteiger partial charge in [0, 0.05) is 10.6 Å². The predicted octanol–water partition coefficient (Wildman–Crippen LogP) is 3.42. The molecule has 1 nitrogen and oxygen atoms in total. The van der Waals surface area contributed by atoms with E-state index < -0.39 is 6.43 Å². The van der Waals surface area contributed by atoms with Gasteiger partial charge in [0.05, 0.1) is 0 Å². The van der Waals surface area contributed by atoms with E-state index in [9.17, 15) is 8.78 Å². The van der Waals surface area contributed by atoms with E-state index in [2.05, 4.69) is 5.96 Å². The average molecular weight is 212 g/mol. The monoisotopic (exact) mass is 211 g/mol. The maximum absolute atomic E-state index is 12.1. The van der Waals surface area contributed by atoms with Crippen LogP contribution in [0.1, 0.15) is 17.6 Å². The Hall–Kier alpha value is -0.740. The fourth-order valence-electron chi connectivity index (χ4n) is 0.830. The molecule has 0 saturated carbocycles. The van der Waals surface area contributed by atoms with E-state index in [-0.39, 0.29) is 10.6 Å². The molecule has 1 aromatic carbocycles. The summed E-state index contributed by atoms with van der Waals surface area (Å²) in [6.45, 7) is 1.75. The summed E-state index contributed by atoms with van der Waals surface area (Å²) in [4.78, 5) is 0. The molecule has 1 rings (SSSR count). The number of hydrogen-bond donors (Lipinski definition) is 1. The van der Waals surface area contributed by atoms with Crippen LogP contribution in [0.3, 0.4) is 0 Å². The molecule has 0 aromatic heterocycles. The lowest BCUT2D eigenvalue weighted by Crippen LogP contribution is -1.86. The van der Waals surface area contributed by atoms with Gasteiger partial charge >= 0.3 is 0 Å². The van der Waals surface area contributed by atoms with Gasteiger partial charge in [0.15, 0.2) is 0 Å². The summed E-state index contributed by atoms with van der Waals surface area (Å²) in [6, 6.07) is 4.58. The maximum atomic E-state index is 12.1. The lowest BCUT2D eigenvalue weighted by Gasteiger charge is -2.02. The Labute approximate surface area is 79.2 Å². The van der Waals surface area contributed by atoms with Crippen molar-refractivity contribution in [1.82, 2.24) is 0 Å². The summed E-state index contributed by atoms with van der Waals surface area (Å²) in [7, 11) is 0. The Balaban J connectivity index is 0.000000671. The van der Waals surface area contributed by atoms with Gasteiger partial charge in [-0.1, -0.05) is 23.2 Å². The first-order chi connectivity index (χ1) is 6.11. The standard InChI is InChI=1S/C8H7ClF2.FH2N/c1-5-2-3-7(9)6(4-5)8(10)11;1-2/h2-4,8H,1H3;2H2. The molecular formula is C8H9ClF3N. The molecule has 0 aliphatic rings. The molecule has 0 unspecified atom stereocenters. The van der Waals surface area contributed by atoms with Crippen LogP contribution in [0.15, 0.2) is 18.2 Å². The molecule has 1 aromatic rings. The second kappa shape index (κ2) is 5.83. The molecule has 5 heteroatoms. The molecule has 0 atom stereocenters. The summed E-state index contributed by atoms with van der Waals surface area (Å²) in [5.41, 5.74) is 0.705. The number of halogens is 4. The van der Waals surface area contributed by atoms with Crippen molar-refractivity contribution >= 4 is 11.6 Å². The quantitative estimate of drug-likeness (QED) is 0.708. The molecule has 0 saturated heterocycles. The van der Waals surface area contributed by atoms with E-state index >= 15 is 0 Å². The molecule has 0 fully saturated rings. The fraction of sp³-hybridized carbons (Fsp3) is 0.250. The highest BCUT2D eigenvalue weighted by atomic mass is 35.5. The van der Waals surface area contributed by atoms with Crippen LogP contribution in [-0.4, -0.2) is 0 Å². The number of aryl methyl sites for hydroxylation is 1. The molecule has 0 spiro atoms. The number of nitrogens with two attached hydrogens (primary N) is 1. The Morgan fingerprint density at radius 2 is 1.85 bits per heavy atom. The van der Waals surface area contributed by atoms with Crippen LogP contribution in [0.25, 0.3) is 0 Å². The van der Waals surface area contributed by atoms with Crippen molar-refractivity contribution in [3.8, 4) is 0 Å². The van der Waals surface area contributed by atoms with Crippen LogP contribution in [-0.2, 0) is 0 Å². The highest BCUT2D eigenvalue weighted by Gasteiger charge is 2.10. The van der Waals surface area contributed by atoms with Crippen molar-refractivity contribution < 1.29 is 13.3 Å². The summed E-state index contributed by atoms with van der Waals surface area (Å²) < 4.78 is 33.2. The Kier molecular flexibility index (Phi) is 5.50. The normalized spacial score (nSPS) is 9.46. The van der Waals surface area contributed by atoms with Crippen molar-refractivity contribution in [2.24, 2.45) is 5.96 Å². The van der Waals surface area contributed by atoms with Crippen LogP contribution in [0.4, 0.5) is 13.3 Å². The first-order valence-electron chi connectivity index (χ1n) is 3.37. The van der Waals surface area contributed by atoms with Gasteiger partial charge in [0.25, 0.3) is 6.43 Å². The minimum atomic E-state index is -2.48. The zero-order chi connectivity index (χ0) is 10.4. The lowest BCUT2D eigenvalue weighted by atomic mass is 10.1. The molecular weight excluding hydrogens is 203 g/mol. The van der Waals surface area contributed by atoms with Crippen LogP contribution in [0.2, 0.25) is 5.02 Å². The molecule has 74 valence electrons. The summed E-state index contributed by atoms with van der Waals surface area (Å²) in [6.07, 6.45) is -2.48. The van der Waals surface area contributed by atoms with Gasteiger partial charge in [0.2, 0.25) is 0 Å². The average Bonchev–Trinajstić information content (AvgIpc) is 2.12. The zero-order valence-electron chi connectivity index (χ0n) is 6.90. The molecule has 0 bridgehead atoms. The minimum absolute atomic E-state index is 0.0910. The van der Waals surface area contributed by atoms with Gasteiger partial charge in [0.1, 0.15) is 0 Å². The molecule has 0 radical (unpaired) electrons. The van der Waals surface area contributed by atoms with Crippen molar-refractivity contribution in [3.63, 3.8) is 0 Å². The van der Waals surface area contributed by atoms with Crippen molar-refractivity contribution in [2.45, 2.75) is 13.3 Å². The van der Waals surface area contributed by atoms with E-state index in [1.807, 2.05) is 0 Å². The van der Waals surface area contributed by atoms with E-state index in [1.165, 1.54) is 12.1 Å². The molecule has 0 amide bonds. The molecule has 2 N–H and O–H groups in total. The van der Waals surface area contributed by atoms with E-state index in [0.717, 1.165) is 5.56 Å². The zero-order valence-corrected chi connectivity index (χ0v) is 7.65. The van der Waals surface area contributed by atoms with Crippen LogP contribution >= 0.6 is 11.6 Å². The maximum Gasteiger partial charge on any atom is 0.265 e. The SMILES string of the molecule is Cc1ccc(Cl)c(C(F)F)c1.NF. The van der Waals surface area contributed by atoms with Gasteiger partial charge in [-0.25, -0.2) is 8.78 Å². The number of rotatable bonds is 1. The van der Waals surface area contributed by atoms with Gasteiger partial charge < -0.3 is 0 Å². The largest absolute Gasteiger partial charge is 0.265 e. The Bertz CT molecular complexity index is 266. The summed E-state index contributed by atoms with van der Waals surface area (Å²) in [5.74, 6) is 3.00. The topological polar surface area (TPSA) is 26.0 Å². The number of benzene rings is 1. The second-order valence-corrected chi connectivity index (χ2v) is 2.73. The first kappa shape index (κ1) is 12.3. The smallest absolute Gasteiger partial charge is 0.205 e. The van der Waals surface area contributed by atoms with Crippen molar-refractivity contribution in [3.05, 3.63) is 34.3 Å². The van der Waals surface area contributed by atoms with Crippen LogP contribution in [0, 0.1) is 6.92 Å². The van der Waals surface area contributed by atoms with Crippen LogP contribution in [0.5, 0.6) is 0 Å². The fourth-order valence-corrected chi connectivity index (χ4v) is 1.03.